The smallest absolute Gasteiger partial charge is 0.413 e. The minimum absolute atomic E-state index is 0.412. The molecular weight excluding hydrogens is 560 g/mol. The van der Waals surface area contributed by atoms with E-state index in [-0.39, 0.29) is 0 Å². The number of nitrogens with one attached hydrogen (secondary N) is 1. The molecule has 1 aliphatic carbocycles. The number of carbonyl (C=O) groups excluding carboxylic acids is 1. The lowest BCUT2D eigenvalue weighted by Gasteiger charge is -2.14. The maximum Gasteiger partial charge on any atom is 0.413 e. The van der Waals surface area contributed by atoms with E-state index < -0.39 is 23.6 Å². The number of nitrogens with zero attached hydrogens (tertiary/aromatic N) is 3. The van der Waals surface area contributed by atoms with E-state index in [0.717, 1.165) is 41.2 Å². The number of ether oxygens (including phenoxy) is 1. The monoisotopic (exact) mass is 584 g/mol. The van der Waals surface area contributed by atoms with E-state index in [1.165, 1.54) is 4.68 Å². The van der Waals surface area contributed by atoms with Gasteiger partial charge in [-0.1, -0.05) is 47.7 Å². The van der Waals surface area contributed by atoms with E-state index >= 15 is 0 Å². The number of carboxylic acid groups (broad SMARTS) is 1. The first-order valence-electron chi connectivity index (χ1n) is 13.0. The molecule has 2 N–H and O–H groups in total. The van der Waals surface area contributed by atoms with Crippen LogP contribution in [0.4, 0.5) is 10.6 Å². The van der Waals surface area contributed by atoms with E-state index in [1.807, 2.05) is 55.5 Å². The van der Waals surface area contributed by atoms with Crippen LogP contribution in [-0.4, -0.2) is 32.2 Å². The van der Waals surface area contributed by atoms with Crippen molar-refractivity contribution in [1.29, 1.82) is 0 Å². The number of hydrogen-bond donors (Lipinski definition) is 2. The largest absolute Gasteiger partial charge is 0.481 e. The first-order valence-corrected chi connectivity index (χ1v) is 14.7. The van der Waals surface area contributed by atoms with Crippen molar-refractivity contribution in [3.63, 3.8) is 0 Å². The lowest BCUT2D eigenvalue weighted by molar-refractivity contribution is -0.140. The molecule has 0 spiro atoms. The van der Waals surface area contributed by atoms with Gasteiger partial charge in [0.15, 0.2) is 5.82 Å². The number of rotatable bonds is 7. The Hall–Kier alpha value is -4.48. The molecule has 4 aromatic heterocycles. The van der Waals surface area contributed by atoms with Gasteiger partial charge in [-0.2, -0.15) is 0 Å². The summed E-state index contributed by atoms with van der Waals surface area (Å²) < 4.78 is 15.1. The zero-order chi connectivity index (χ0) is 28.3. The van der Waals surface area contributed by atoms with Gasteiger partial charge in [-0.15, -0.1) is 27.8 Å². The highest BCUT2D eigenvalue weighted by atomic mass is 32.1. The first kappa shape index (κ1) is 25.5. The van der Waals surface area contributed by atoms with Gasteiger partial charge in [0.1, 0.15) is 17.4 Å². The Kier molecular flexibility index (Phi) is 5.95. The summed E-state index contributed by atoms with van der Waals surface area (Å²) in [5.41, 5.74) is 3.12. The number of furan rings is 1. The van der Waals surface area contributed by atoms with Crippen molar-refractivity contribution in [1.82, 2.24) is 15.0 Å². The molecule has 206 valence electrons. The number of aliphatic carboxylic acids is 1. The number of benzene rings is 2. The van der Waals surface area contributed by atoms with Crippen LogP contribution in [0.15, 0.2) is 71.3 Å². The highest BCUT2D eigenvalue weighted by molar-refractivity contribution is 7.31. The van der Waals surface area contributed by atoms with Crippen molar-refractivity contribution in [2.45, 2.75) is 31.3 Å². The van der Waals surface area contributed by atoms with Crippen LogP contribution in [0, 0.1) is 0 Å². The molecule has 0 unspecified atom stereocenters. The molecule has 0 aliphatic heterocycles. The van der Waals surface area contributed by atoms with E-state index in [0.29, 0.717) is 29.9 Å². The summed E-state index contributed by atoms with van der Waals surface area (Å²) in [6, 6.07) is 19.7. The second-order valence-electron chi connectivity index (χ2n) is 10.2. The predicted molar refractivity (Wildman–Crippen MR) is 158 cm³/mol. The molecule has 1 atom stereocenters. The Bertz CT molecular complexity index is 1920. The fourth-order valence-electron chi connectivity index (χ4n) is 5.11. The van der Waals surface area contributed by atoms with Crippen molar-refractivity contribution < 1.29 is 23.8 Å². The molecule has 1 saturated carbocycles. The van der Waals surface area contributed by atoms with Crippen LogP contribution in [-0.2, 0) is 22.0 Å². The van der Waals surface area contributed by atoms with Gasteiger partial charge in [-0.25, -0.2) is 9.48 Å². The van der Waals surface area contributed by atoms with E-state index in [9.17, 15) is 14.7 Å². The average molecular weight is 585 g/mol. The molecule has 9 nitrogen and oxygen atoms in total. The Morgan fingerprint density at radius 1 is 1.07 bits per heavy atom. The summed E-state index contributed by atoms with van der Waals surface area (Å²) in [5, 5.41) is 21.8. The Morgan fingerprint density at radius 2 is 1.80 bits per heavy atom. The van der Waals surface area contributed by atoms with Gasteiger partial charge in [0.25, 0.3) is 0 Å². The molecule has 1 fully saturated rings. The number of hydrogen-bond acceptors (Lipinski definition) is 8. The quantitative estimate of drug-likeness (QED) is 0.198. The first-order chi connectivity index (χ1) is 19.8. The van der Waals surface area contributed by atoms with Gasteiger partial charge >= 0.3 is 12.1 Å². The highest BCUT2D eigenvalue weighted by Gasteiger charge is 2.53. The van der Waals surface area contributed by atoms with Crippen molar-refractivity contribution >= 4 is 60.9 Å². The second-order valence-corrected chi connectivity index (χ2v) is 12.4. The fourth-order valence-corrected chi connectivity index (χ4v) is 7.49. The third kappa shape index (κ3) is 4.37. The number of carboxylic acids is 1. The standard InChI is InChI=1S/C30H24N4O5S2/c1-16(17-6-4-3-5-7-17)39-29(37)31-27-26(32-33-34(27)2)25-14-24-23(41-25)13-22(40-24)18-8-9-19-20(15-38-21(19)12-18)30(10-11-30)28(35)36/h3-9,12-16H,10-11H2,1-2H3,(H,31,37)(H,35,36)/t16-/m1/s1. The van der Waals surface area contributed by atoms with Gasteiger partial charge in [0.2, 0.25) is 0 Å². The summed E-state index contributed by atoms with van der Waals surface area (Å²) >= 11 is 3.21. The van der Waals surface area contributed by atoms with Crippen LogP contribution in [0.5, 0.6) is 0 Å². The van der Waals surface area contributed by atoms with E-state index in [1.54, 1.807) is 36.0 Å². The summed E-state index contributed by atoms with van der Waals surface area (Å²) in [7, 11) is 1.72. The number of fused-ring (bicyclic) bond motifs is 2. The van der Waals surface area contributed by atoms with Crippen LogP contribution in [0.3, 0.4) is 0 Å². The molecule has 41 heavy (non-hydrogen) atoms. The van der Waals surface area contributed by atoms with Crippen LogP contribution >= 0.6 is 22.7 Å². The number of amides is 1. The minimum Gasteiger partial charge on any atom is -0.481 e. The lowest BCUT2D eigenvalue weighted by atomic mass is 9.95. The maximum absolute atomic E-state index is 12.7. The molecule has 2 aromatic carbocycles. The summed E-state index contributed by atoms with van der Waals surface area (Å²) in [4.78, 5) is 26.5. The second kappa shape index (κ2) is 9.57. The summed E-state index contributed by atoms with van der Waals surface area (Å²) in [6.07, 6.45) is 1.88. The normalized spacial score (nSPS) is 14.8. The number of anilines is 1. The lowest BCUT2D eigenvalue weighted by Crippen LogP contribution is -2.18. The average Bonchev–Trinajstić information content (AvgIpc) is 3.21. The predicted octanol–water partition coefficient (Wildman–Crippen LogP) is 7.60. The van der Waals surface area contributed by atoms with E-state index in [2.05, 4.69) is 27.8 Å². The zero-order valence-corrected chi connectivity index (χ0v) is 23.7. The zero-order valence-electron chi connectivity index (χ0n) is 22.1. The molecular formula is C30H24N4O5S2. The topological polar surface area (TPSA) is 119 Å². The third-order valence-electron chi connectivity index (χ3n) is 7.58. The molecule has 6 aromatic rings. The van der Waals surface area contributed by atoms with E-state index in [4.69, 9.17) is 9.15 Å². The molecule has 1 aliphatic rings. The van der Waals surface area contributed by atoms with Crippen molar-refractivity contribution in [3.8, 4) is 21.0 Å². The Morgan fingerprint density at radius 3 is 2.54 bits per heavy atom. The van der Waals surface area contributed by atoms with Crippen molar-refractivity contribution in [3.05, 3.63) is 78.1 Å². The summed E-state index contributed by atoms with van der Waals surface area (Å²) in [6.45, 7) is 1.82. The molecule has 0 bridgehead atoms. The van der Waals surface area contributed by atoms with Gasteiger partial charge < -0.3 is 14.3 Å². The van der Waals surface area contributed by atoms with Gasteiger partial charge in [0.05, 0.1) is 16.6 Å². The molecule has 7 rings (SSSR count). The minimum atomic E-state index is -0.806. The maximum atomic E-state index is 12.7. The fraction of sp³-hybridized carbons (Fsp3) is 0.200. The molecule has 4 heterocycles. The third-order valence-corrected chi connectivity index (χ3v) is 9.92. The Balaban J connectivity index is 1.12. The van der Waals surface area contributed by atoms with Crippen molar-refractivity contribution in [2.75, 3.05) is 5.32 Å². The SMILES string of the molecule is C[C@@H](OC(=O)Nc1c(-c2cc3sc(-c4ccc5c(C6(C(=O)O)CC6)coc5c4)cc3s2)nnn1C)c1ccccc1. The number of aryl methyl sites for hydroxylation is 1. The molecule has 1 amide bonds. The van der Waals surface area contributed by atoms with Crippen LogP contribution in [0.1, 0.15) is 37.0 Å². The number of thiophene rings is 2. The number of carbonyl (C=O) groups is 2. The van der Waals surface area contributed by atoms with Gasteiger partial charge in [0, 0.05) is 32.3 Å². The highest BCUT2D eigenvalue weighted by Crippen LogP contribution is 2.51. The molecule has 11 heteroatoms. The van der Waals surface area contributed by atoms with Crippen LogP contribution in [0.25, 0.3) is 41.4 Å². The summed E-state index contributed by atoms with van der Waals surface area (Å²) in [5.74, 6) is -0.336. The van der Waals surface area contributed by atoms with Gasteiger partial charge in [-0.3, -0.25) is 10.1 Å². The number of aromatic nitrogens is 3. The Labute approximate surface area is 242 Å². The van der Waals surface area contributed by atoms with Crippen molar-refractivity contribution in [2.24, 2.45) is 7.05 Å². The van der Waals surface area contributed by atoms with Crippen LogP contribution < -0.4 is 5.32 Å². The molecule has 0 radical (unpaired) electrons. The van der Waals surface area contributed by atoms with Crippen LogP contribution in [0.2, 0.25) is 0 Å². The van der Waals surface area contributed by atoms with Gasteiger partial charge in [-0.05, 0) is 49.1 Å². The molecule has 0 saturated heterocycles.